The van der Waals surface area contributed by atoms with E-state index in [1.807, 2.05) is 176 Å². The SMILES string of the molecule is C1=CNCCC1.C1=CNCN1.C1CCCC1.C1CCCC1.C1CCCC1.C1CCNCC1.C1CNCCN1.C1CNCN1.C1COCCN1.C1CSCCN1.CC.CC.CC.CC.CC.CC.CC.CC.CC.CC.CC1CNC(=O)O1.CC1COC1.CN1CCOC1=O. The van der Waals surface area contributed by atoms with E-state index in [1.165, 1.54) is 166 Å². The summed E-state index contributed by atoms with van der Waals surface area (Å²) in [7, 11) is 1.72. The fraction of sp³-hybridized carbons (Fsp3) is 0.920. The standard InChI is InChI=1S/C5H11N.C5H9N.3C5H10.C4H10N2.2C4H7NO2.C4H9NO.C4H9NS.C4H8O.C3H8N2.C3H6N2.10C2H6/c2*1-2-4-6-5-3-1;3*1-2-4-5-3-1;1-2-6-4-3-5-1;1-5-2-3-7-4(5)6;1-3-2-5-4(6)7-3;2*1-3-6-4-2-5-1;1-4-2-5-3-4;2*1-2-5-3-4-1;10*1-2/h6H,1-5H2;2,4,6H,1,3,5H2;3*1-5H2;5-6H,1-4H2;2-3H2,1H3;3H,2H2,1H3,(H,5,6);2*5H,1-4H2;4H,2-3H2,1H3;4-5H,1-3H2;1-2,4-5H,3H2;10*1-2H3. The van der Waals surface area contributed by atoms with Gasteiger partial charge in [0.25, 0.3) is 0 Å². The fourth-order valence-electron chi connectivity index (χ4n) is 7.72. The van der Waals surface area contributed by atoms with Crippen molar-refractivity contribution in [2.24, 2.45) is 5.92 Å². The second-order valence-corrected chi connectivity index (χ2v) is 20.9. The molecule has 8 saturated heterocycles. The van der Waals surface area contributed by atoms with E-state index < -0.39 is 0 Å². The Morgan fingerprint density at radius 1 is 0.394 bits per heavy atom. The van der Waals surface area contributed by atoms with Crippen LogP contribution in [0.2, 0.25) is 0 Å². The van der Waals surface area contributed by atoms with Gasteiger partial charge in [0.2, 0.25) is 0 Å². The predicted octanol–water partition coefficient (Wildman–Crippen LogP) is 16.4. The highest BCUT2D eigenvalue weighted by atomic mass is 32.2. The Labute approximate surface area is 593 Å². The highest BCUT2D eigenvalue weighted by Gasteiger charge is 2.17. The van der Waals surface area contributed by atoms with Crippen molar-refractivity contribution in [1.29, 1.82) is 0 Å². The maximum Gasteiger partial charge on any atom is 0.409 e. The third-order valence-corrected chi connectivity index (χ3v) is 13.4. The van der Waals surface area contributed by atoms with E-state index in [1.54, 1.807) is 11.9 Å². The Kier molecular flexibility index (Phi) is 148. The maximum absolute atomic E-state index is 10.3. The number of rotatable bonds is 0. The average Bonchev–Trinajstić information content (AvgIpc) is 4.72. The van der Waals surface area contributed by atoms with E-state index in [-0.39, 0.29) is 18.3 Å². The molecule has 19 heteroatoms. The van der Waals surface area contributed by atoms with Crippen molar-refractivity contribution in [3.8, 4) is 0 Å². The van der Waals surface area contributed by atoms with Gasteiger partial charge in [-0.3, -0.25) is 0 Å². The van der Waals surface area contributed by atoms with E-state index in [0.717, 1.165) is 111 Å². The number of cyclic esters (lactones) is 2. The summed E-state index contributed by atoms with van der Waals surface area (Å²) in [5.74, 6) is 3.45. The molecule has 13 aliphatic rings. The first-order chi connectivity index (χ1) is 46.5. The molecule has 0 spiro atoms. The second kappa shape index (κ2) is 124. The number of piperidine rings is 1. The topological polar surface area (TPSA) is 207 Å². The summed E-state index contributed by atoms with van der Waals surface area (Å²) < 4.78 is 19.0. The summed E-state index contributed by atoms with van der Waals surface area (Å²) in [5.41, 5.74) is 0. The molecule has 13 rings (SSSR count). The quantitative estimate of drug-likeness (QED) is 0.109. The van der Waals surface area contributed by atoms with Crippen molar-refractivity contribution < 1.29 is 28.5 Å². The van der Waals surface area contributed by atoms with Crippen LogP contribution in [-0.4, -0.2) is 186 Å². The van der Waals surface area contributed by atoms with Crippen molar-refractivity contribution in [3.63, 3.8) is 0 Å². The van der Waals surface area contributed by atoms with Crippen LogP contribution < -0.4 is 58.5 Å². The molecule has 2 amide bonds. The lowest BCUT2D eigenvalue weighted by Crippen LogP contribution is -2.39. The molecule has 3 saturated carbocycles. The first-order valence-electron chi connectivity index (χ1n) is 39.5. The number of hydrogen-bond acceptors (Lipinski definition) is 17. The summed E-state index contributed by atoms with van der Waals surface area (Å²) in [6.07, 6.45) is 36.8. The van der Waals surface area contributed by atoms with Crippen LogP contribution in [0.15, 0.2) is 24.7 Å². The molecule has 10 aliphatic heterocycles. The second-order valence-electron chi connectivity index (χ2n) is 19.7. The molecule has 11 N–H and O–H groups in total. The van der Waals surface area contributed by atoms with Crippen molar-refractivity contribution in [1.82, 2.24) is 63.4 Å². The van der Waals surface area contributed by atoms with Gasteiger partial charge < -0.3 is 82.3 Å². The molecule has 11 fully saturated rings. The third-order valence-electron chi connectivity index (χ3n) is 12.4. The van der Waals surface area contributed by atoms with Crippen LogP contribution in [0, 0.1) is 5.92 Å². The molecule has 0 aromatic rings. The number of hydrogen-bond donors (Lipinski definition) is 11. The van der Waals surface area contributed by atoms with Crippen molar-refractivity contribution in [3.05, 3.63) is 24.7 Å². The van der Waals surface area contributed by atoms with E-state index in [2.05, 4.69) is 81.0 Å². The Morgan fingerprint density at radius 3 is 0.862 bits per heavy atom. The molecular formula is C75H174N12O6S. The lowest BCUT2D eigenvalue weighted by Gasteiger charge is -2.20. The number of likely N-dealkylation sites (N-methyl/N-ethyl adjacent to an activating group) is 1. The van der Waals surface area contributed by atoms with Gasteiger partial charge in [-0.2, -0.15) is 11.8 Å². The van der Waals surface area contributed by atoms with E-state index >= 15 is 0 Å². The van der Waals surface area contributed by atoms with Gasteiger partial charge in [0, 0.05) is 116 Å². The molecular weight excluding hydrogens is 1200 g/mol. The molecule has 1 atom stereocenters. The zero-order valence-corrected chi connectivity index (χ0v) is 68.2. The van der Waals surface area contributed by atoms with Crippen molar-refractivity contribution >= 4 is 23.9 Å². The van der Waals surface area contributed by atoms with Crippen molar-refractivity contribution in [2.75, 3.05) is 163 Å². The molecule has 18 nitrogen and oxygen atoms in total. The smallest absolute Gasteiger partial charge is 0.409 e. The van der Waals surface area contributed by atoms with Crippen LogP contribution >= 0.6 is 11.8 Å². The summed E-state index contributed by atoms with van der Waals surface area (Å²) in [6, 6.07) is 0. The van der Waals surface area contributed by atoms with Gasteiger partial charge in [0.1, 0.15) is 12.7 Å². The summed E-state index contributed by atoms with van der Waals surface area (Å²) in [4.78, 5) is 21.9. The van der Waals surface area contributed by atoms with Crippen LogP contribution in [0.1, 0.15) is 281 Å². The van der Waals surface area contributed by atoms with Crippen LogP contribution in [-0.2, 0) is 18.9 Å². The first kappa shape index (κ1) is 113. The summed E-state index contributed by atoms with van der Waals surface area (Å²) >= 11 is 2.03. The molecule has 10 heterocycles. The number of alkyl carbamates (subject to hydrolysis) is 1. The number of amides is 2. The van der Waals surface area contributed by atoms with Crippen LogP contribution in [0.25, 0.3) is 0 Å². The van der Waals surface area contributed by atoms with E-state index in [0.29, 0.717) is 13.2 Å². The Hall–Kier alpha value is -2.59. The summed E-state index contributed by atoms with van der Waals surface area (Å²) in [6.45, 7) is 66.6. The van der Waals surface area contributed by atoms with Gasteiger partial charge in [-0.15, -0.1) is 0 Å². The Morgan fingerprint density at radius 2 is 0.755 bits per heavy atom. The molecule has 576 valence electrons. The minimum atomic E-state index is -0.299. The number of thioether (sulfide) groups is 1. The number of nitrogens with zero attached hydrogens (tertiary/aromatic N) is 1. The number of piperazine rings is 1. The zero-order chi connectivity index (χ0) is 73.1. The van der Waals surface area contributed by atoms with Gasteiger partial charge in [-0.25, -0.2) is 9.59 Å². The van der Waals surface area contributed by atoms with E-state index in [9.17, 15) is 9.59 Å². The van der Waals surface area contributed by atoms with Gasteiger partial charge >= 0.3 is 12.2 Å². The number of ether oxygens (including phenoxy) is 4. The lowest BCUT2D eigenvalue weighted by molar-refractivity contribution is -0.0221. The number of allylic oxidation sites excluding steroid dienone is 1. The predicted molar refractivity (Wildman–Crippen MR) is 425 cm³/mol. The molecule has 3 aliphatic carbocycles. The molecule has 0 aromatic heterocycles. The van der Waals surface area contributed by atoms with Gasteiger partial charge in [0.15, 0.2) is 0 Å². The monoisotopic (exact) mass is 1370 g/mol. The Bertz CT molecular complexity index is 1040. The highest BCUT2D eigenvalue weighted by molar-refractivity contribution is 7.99. The molecule has 94 heavy (non-hydrogen) atoms. The van der Waals surface area contributed by atoms with Crippen LogP contribution in [0.4, 0.5) is 9.59 Å². The minimum Gasteiger partial charge on any atom is -0.448 e. The van der Waals surface area contributed by atoms with Gasteiger partial charge in [-0.05, 0) is 51.9 Å². The normalized spacial score (nSPS) is 19.1. The minimum absolute atomic E-state index is 0.0625. The van der Waals surface area contributed by atoms with Gasteiger partial charge in [0.05, 0.1) is 46.2 Å². The maximum atomic E-state index is 10.3. The Balaban J connectivity index is -0.0000000995. The molecule has 0 aromatic carbocycles. The van der Waals surface area contributed by atoms with Crippen molar-refractivity contribution in [2.45, 2.75) is 287 Å². The zero-order valence-electron chi connectivity index (χ0n) is 67.4. The van der Waals surface area contributed by atoms with Gasteiger partial charge in [-0.1, -0.05) is 254 Å². The number of morpholine rings is 1. The van der Waals surface area contributed by atoms with Crippen LogP contribution in [0.3, 0.4) is 0 Å². The van der Waals surface area contributed by atoms with Crippen LogP contribution in [0.5, 0.6) is 0 Å². The molecule has 0 radical (unpaired) electrons. The fourth-order valence-corrected chi connectivity index (χ4v) is 8.50. The highest BCUT2D eigenvalue weighted by Crippen LogP contribution is 2.16. The number of nitrogens with one attached hydrogen (secondary N) is 11. The third kappa shape index (κ3) is 117. The summed E-state index contributed by atoms with van der Waals surface area (Å²) in [5, 5.41) is 33.8. The molecule has 1 unspecified atom stereocenters. The largest absolute Gasteiger partial charge is 0.448 e. The average molecular weight is 1370 g/mol. The molecule has 0 bridgehead atoms. The number of carbonyl (C=O) groups excluding carboxylic acids is 2. The number of carbonyl (C=O) groups is 2. The lowest BCUT2D eigenvalue weighted by atomic mass is 10.2. The van der Waals surface area contributed by atoms with E-state index in [4.69, 9.17) is 9.47 Å². The first-order valence-corrected chi connectivity index (χ1v) is 40.6.